The van der Waals surface area contributed by atoms with E-state index in [9.17, 15) is 0 Å². The van der Waals surface area contributed by atoms with Gasteiger partial charge in [0.25, 0.3) is 0 Å². The van der Waals surface area contributed by atoms with Gasteiger partial charge in [-0.15, -0.1) is 0 Å². The average molecular weight is 369 g/mol. The van der Waals surface area contributed by atoms with Crippen LogP contribution in [0.1, 0.15) is 29.2 Å². The SMILES string of the molecule is CCOc1cc(C)ccc1CNC(=NC)NCc1ccc(CN(C)C)cc1. The van der Waals surface area contributed by atoms with Gasteiger partial charge < -0.3 is 20.3 Å². The smallest absolute Gasteiger partial charge is 0.191 e. The first-order valence-corrected chi connectivity index (χ1v) is 9.41. The Morgan fingerprint density at radius 3 is 2.30 bits per heavy atom. The van der Waals surface area contributed by atoms with Crippen LogP contribution in [0.2, 0.25) is 0 Å². The number of benzene rings is 2. The maximum absolute atomic E-state index is 5.75. The lowest BCUT2D eigenvalue weighted by Gasteiger charge is -2.15. The van der Waals surface area contributed by atoms with Gasteiger partial charge in [0.05, 0.1) is 6.61 Å². The summed E-state index contributed by atoms with van der Waals surface area (Å²) in [5.41, 5.74) is 4.86. The molecule has 0 unspecified atom stereocenters. The summed E-state index contributed by atoms with van der Waals surface area (Å²) in [6.45, 7) is 7.09. The zero-order valence-corrected chi connectivity index (χ0v) is 17.2. The highest BCUT2D eigenvalue weighted by molar-refractivity contribution is 5.79. The molecule has 0 aromatic heterocycles. The topological polar surface area (TPSA) is 48.9 Å². The Hall–Kier alpha value is -2.53. The van der Waals surface area contributed by atoms with Crippen molar-refractivity contribution >= 4 is 5.96 Å². The maximum atomic E-state index is 5.75. The van der Waals surface area contributed by atoms with E-state index in [1.807, 2.05) is 6.92 Å². The predicted octanol–water partition coefficient (Wildman–Crippen LogP) is 3.32. The van der Waals surface area contributed by atoms with Crippen molar-refractivity contribution in [1.29, 1.82) is 0 Å². The summed E-state index contributed by atoms with van der Waals surface area (Å²) in [7, 11) is 5.94. The van der Waals surface area contributed by atoms with Gasteiger partial charge >= 0.3 is 0 Å². The zero-order chi connectivity index (χ0) is 19.6. The Kier molecular flexibility index (Phi) is 8.14. The molecule has 0 aliphatic carbocycles. The molecule has 5 nitrogen and oxygen atoms in total. The van der Waals surface area contributed by atoms with Crippen LogP contribution in [-0.2, 0) is 19.6 Å². The van der Waals surface area contributed by atoms with Crippen molar-refractivity contribution in [2.24, 2.45) is 4.99 Å². The van der Waals surface area contributed by atoms with Crippen LogP contribution >= 0.6 is 0 Å². The summed E-state index contributed by atoms with van der Waals surface area (Å²) >= 11 is 0. The quantitative estimate of drug-likeness (QED) is 0.554. The number of nitrogens with zero attached hydrogens (tertiary/aromatic N) is 2. The van der Waals surface area contributed by atoms with Gasteiger partial charge in [-0.25, -0.2) is 0 Å². The minimum absolute atomic E-state index is 0.660. The molecule has 27 heavy (non-hydrogen) atoms. The Labute approximate surface area is 163 Å². The second-order valence-corrected chi connectivity index (χ2v) is 6.88. The number of hydrogen-bond acceptors (Lipinski definition) is 3. The molecule has 0 bridgehead atoms. The van der Waals surface area contributed by atoms with E-state index in [0.717, 1.165) is 30.4 Å². The molecule has 2 rings (SSSR count). The third-order valence-electron chi connectivity index (χ3n) is 4.17. The lowest BCUT2D eigenvalue weighted by atomic mass is 10.1. The van der Waals surface area contributed by atoms with Crippen molar-refractivity contribution in [2.75, 3.05) is 27.7 Å². The Bertz CT molecular complexity index is 738. The number of hydrogen-bond donors (Lipinski definition) is 2. The number of aliphatic imine (C=N–C) groups is 1. The van der Waals surface area contributed by atoms with Gasteiger partial charge in [0.15, 0.2) is 5.96 Å². The molecule has 0 aliphatic heterocycles. The minimum atomic E-state index is 0.660. The van der Waals surface area contributed by atoms with Crippen LogP contribution in [0.4, 0.5) is 0 Å². The second kappa shape index (κ2) is 10.6. The molecule has 0 radical (unpaired) electrons. The third-order valence-corrected chi connectivity index (χ3v) is 4.17. The molecule has 0 spiro atoms. The standard InChI is InChI=1S/C22H32N4O/c1-6-27-21-13-17(2)7-12-20(21)15-25-22(23-3)24-14-18-8-10-19(11-9-18)16-26(4)5/h7-13H,6,14-16H2,1-5H3,(H2,23,24,25). The number of nitrogens with one attached hydrogen (secondary N) is 2. The number of aryl methyl sites for hydroxylation is 1. The molecular formula is C22H32N4O. The Morgan fingerprint density at radius 2 is 1.67 bits per heavy atom. The molecule has 0 amide bonds. The highest BCUT2D eigenvalue weighted by Gasteiger charge is 2.06. The monoisotopic (exact) mass is 368 g/mol. The molecule has 0 heterocycles. The third kappa shape index (κ3) is 6.94. The first-order valence-electron chi connectivity index (χ1n) is 9.41. The molecule has 2 aromatic carbocycles. The van der Waals surface area contributed by atoms with Crippen molar-refractivity contribution in [3.63, 3.8) is 0 Å². The van der Waals surface area contributed by atoms with Gasteiger partial charge in [-0.05, 0) is 50.7 Å². The predicted molar refractivity (Wildman–Crippen MR) is 113 cm³/mol. The highest BCUT2D eigenvalue weighted by atomic mass is 16.5. The molecule has 0 saturated carbocycles. The average Bonchev–Trinajstić information content (AvgIpc) is 2.64. The van der Waals surface area contributed by atoms with Crippen molar-refractivity contribution in [3.8, 4) is 5.75 Å². The fraction of sp³-hybridized carbons (Fsp3) is 0.409. The molecular weight excluding hydrogens is 336 g/mol. The number of rotatable bonds is 8. The summed E-state index contributed by atoms with van der Waals surface area (Å²) in [6, 6.07) is 14.9. The Balaban J connectivity index is 1.89. The van der Waals surface area contributed by atoms with E-state index in [4.69, 9.17) is 4.74 Å². The van der Waals surface area contributed by atoms with Gasteiger partial charge in [-0.2, -0.15) is 0 Å². The van der Waals surface area contributed by atoms with Crippen LogP contribution in [0.3, 0.4) is 0 Å². The minimum Gasteiger partial charge on any atom is -0.494 e. The highest BCUT2D eigenvalue weighted by Crippen LogP contribution is 2.20. The molecule has 0 aliphatic rings. The van der Waals surface area contributed by atoms with Crippen LogP contribution in [0.5, 0.6) is 5.75 Å². The van der Waals surface area contributed by atoms with E-state index < -0.39 is 0 Å². The number of ether oxygens (including phenoxy) is 1. The van der Waals surface area contributed by atoms with Crippen molar-refractivity contribution in [1.82, 2.24) is 15.5 Å². The summed E-state index contributed by atoms with van der Waals surface area (Å²) in [5.74, 6) is 1.70. The van der Waals surface area contributed by atoms with Crippen molar-refractivity contribution < 1.29 is 4.74 Å². The van der Waals surface area contributed by atoms with E-state index >= 15 is 0 Å². The van der Waals surface area contributed by atoms with Gasteiger partial charge in [-0.3, -0.25) is 4.99 Å². The first kappa shape index (κ1) is 20.8. The van der Waals surface area contributed by atoms with Crippen LogP contribution in [0.15, 0.2) is 47.5 Å². The summed E-state index contributed by atoms with van der Waals surface area (Å²) in [5, 5.41) is 6.73. The zero-order valence-electron chi connectivity index (χ0n) is 17.2. The van der Waals surface area contributed by atoms with Gasteiger partial charge in [0, 0.05) is 32.2 Å². The molecule has 0 fully saturated rings. The van der Waals surface area contributed by atoms with E-state index in [2.05, 4.69) is 84.0 Å². The first-order chi connectivity index (χ1) is 13.0. The molecule has 2 aromatic rings. The van der Waals surface area contributed by atoms with Gasteiger partial charge in [0.1, 0.15) is 5.75 Å². The normalized spacial score (nSPS) is 11.6. The van der Waals surface area contributed by atoms with Gasteiger partial charge in [0.2, 0.25) is 0 Å². The number of guanidine groups is 1. The largest absolute Gasteiger partial charge is 0.494 e. The van der Waals surface area contributed by atoms with Gasteiger partial charge in [-0.1, -0.05) is 36.4 Å². The van der Waals surface area contributed by atoms with Crippen LogP contribution < -0.4 is 15.4 Å². The van der Waals surface area contributed by atoms with Crippen molar-refractivity contribution in [2.45, 2.75) is 33.5 Å². The maximum Gasteiger partial charge on any atom is 0.191 e. The van der Waals surface area contributed by atoms with Crippen molar-refractivity contribution in [3.05, 3.63) is 64.7 Å². The fourth-order valence-electron chi connectivity index (χ4n) is 2.81. The summed E-state index contributed by atoms with van der Waals surface area (Å²) in [6.07, 6.45) is 0. The fourth-order valence-corrected chi connectivity index (χ4v) is 2.81. The van der Waals surface area contributed by atoms with Crippen LogP contribution in [0, 0.1) is 6.92 Å². The molecule has 146 valence electrons. The summed E-state index contributed by atoms with van der Waals surface area (Å²) < 4.78 is 5.75. The molecule has 2 N–H and O–H groups in total. The van der Waals surface area contributed by atoms with Crippen LogP contribution in [-0.4, -0.2) is 38.6 Å². The molecule has 5 heteroatoms. The van der Waals surface area contributed by atoms with E-state index in [1.54, 1.807) is 7.05 Å². The summed E-state index contributed by atoms with van der Waals surface area (Å²) in [4.78, 5) is 6.48. The van der Waals surface area contributed by atoms with E-state index in [1.165, 1.54) is 16.7 Å². The van der Waals surface area contributed by atoms with E-state index in [-0.39, 0.29) is 0 Å². The molecule has 0 atom stereocenters. The molecule has 0 saturated heterocycles. The second-order valence-electron chi connectivity index (χ2n) is 6.88. The Morgan fingerprint density at radius 1 is 1.00 bits per heavy atom. The lowest BCUT2D eigenvalue weighted by Crippen LogP contribution is -2.36. The lowest BCUT2D eigenvalue weighted by molar-refractivity contribution is 0.336. The van der Waals surface area contributed by atoms with E-state index in [0.29, 0.717) is 13.2 Å². The van der Waals surface area contributed by atoms with Crippen LogP contribution in [0.25, 0.3) is 0 Å².